The van der Waals surface area contributed by atoms with E-state index in [0.717, 1.165) is 4.90 Å². The van der Waals surface area contributed by atoms with Gasteiger partial charge in [0.15, 0.2) is 0 Å². The van der Waals surface area contributed by atoms with Gasteiger partial charge in [0, 0.05) is 27.3 Å². The molecular weight excluding hydrogens is 266 g/mol. The minimum atomic E-state index is -1.11. The van der Waals surface area contributed by atoms with E-state index in [1.807, 2.05) is 0 Å². The Kier molecular flexibility index (Phi) is 9.10. The maximum Gasteiger partial charge on any atom is 0.326 e. The molecule has 8 nitrogen and oxygen atoms in total. The zero-order valence-electron chi connectivity index (χ0n) is 12.1. The normalized spacial score (nSPS) is 11.6. The number of nitrogens with one attached hydrogen (secondary N) is 2. The second-order valence-corrected chi connectivity index (χ2v) is 4.28. The fourth-order valence-electron chi connectivity index (χ4n) is 1.49. The van der Waals surface area contributed by atoms with Crippen LogP contribution in [0.25, 0.3) is 0 Å². The summed E-state index contributed by atoms with van der Waals surface area (Å²) in [5, 5.41) is 13.9. The van der Waals surface area contributed by atoms with Gasteiger partial charge in [-0.2, -0.15) is 0 Å². The second-order valence-electron chi connectivity index (χ2n) is 4.28. The van der Waals surface area contributed by atoms with Gasteiger partial charge in [-0.05, 0) is 19.8 Å². The first kappa shape index (κ1) is 18.2. The van der Waals surface area contributed by atoms with Crippen LogP contribution in [0.4, 0.5) is 4.79 Å². The van der Waals surface area contributed by atoms with Crippen LogP contribution in [0.1, 0.15) is 19.8 Å². The SMILES string of the molecule is CCNC(=O)CN(C)C(=O)NC(CCCOC)C(=O)O. The number of carbonyl (C=O) groups is 3. The van der Waals surface area contributed by atoms with Crippen LogP contribution < -0.4 is 10.6 Å². The molecule has 0 aliphatic heterocycles. The third-order valence-corrected chi connectivity index (χ3v) is 2.54. The Labute approximate surface area is 118 Å². The highest BCUT2D eigenvalue weighted by Gasteiger charge is 2.22. The first-order chi connectivity index (χ1) is 9.42. The van der Waals surface area contributed by atoms with Crippen molar-refractivity contribution in [3.8, 4) is 0 Å². The molecule has 0 fully saturated rings. The van der Waals surface area contributed by atoms with E-state index in [2.05, 4.69) is 10.6 Å². The average Bonchev–Trinajstić information content (AvgIpc) is 2.37. The lowest BCUT2D eigenvalue weighted by Crippen LogP contribution is -2.49. The molecule has 3 amide bonds. The minimum absolute atomic E-state index is 0.121. The van der Waals surface area contributed by atoms with Crippen molar-refractivity contribution in [2.24, 2.45) is 0 Å². The lowest BCUT2D eigenvalue weighted by molar-refractivity contribution is -0.139. The molecule has 0 saturated heterocycles. The molecule has 0 saturated carbocycles. The quantitative estimate of drug-likeness (QED) is 0.503. The van der Waals surface area contributed by atoms with Gasteiger partial charge in [0.25, 0.3) is 0 Å². The zero-order valence-corrected chi connectivity index (χ0v) is 12.1. The summed E-state index contributed by atoms with van der Waals surface area (Å²) in [6.07, 6.45) is 0.789. The number of nitrogens with zero attached hydrogens (tertiary/aromatic N) is 1. The van der Waals surface area contributed by atoms with E-state index in [1.54, 1.807) is 6.92 Å². The number of aliphatic carboxylic acids is 1. The smallest absolute Gasteiger partial charge is 0.326 e. The summed E-state index contributed by atoms with van der Waals surface area (Å²) in [5.41, 5.74) is 0. The fraction of sp³-hybridized carbons (Fsp3) is 0.750. The van der Waals surface area contributed by atoms with Crippen LogP contribution in [0.15, 0.2) is 0 Å². The number of hydrogen-bond donors (Lipinski definition) is 3. The first-order valence-electron chi connectivity index (χ1n) is 6.42. The largest absolute Gasteiger partial charge is 0.480 e. The highest BCUT2D eigenvalue weighted by atomic mass is 16.5. The molecule has 0 radical (unpaired) electrons. The Balaban J connectivity index is 4.29. The number of carboxylic acid groups (broad SMARTS) is 1. The number of amides is 3. The molecular formula is C12H23N3O5. The van der Waals surface area contributed by atoms with Crippen molar-refractivity contribution in [3.05, 3.63) is 0 Å². The van der Waals surface area contributed by atoms with Crippen LogP contribution in [-0.4, -0.2) is 67.8 Å². The van der Waals surface area contributed by atoms with E-state index in [1.165, 1.54) is 14.2 Å². The monoisotopic (exact) mass is 289 g/mol. The molecule has 1 atom stereocenters. The Morgan fingerprint density at radius 2 is 2.00 bits per heavy atom. The van der Waals surface area contributed by atoms with Gasteiger partial charge in [0.2, 0.25) is 5.91 Å². The summed E-state index contributed by atoms with van der Waals surface area (Å²) in [6.45, 7) is 2.55. The number of carboxylic acids is 1. The molecule has 20 heavy (non-hydrogen) atoms. The van der Waals surface area contributed by atoms with Crippen LogP contribution in [0, 0.1) is 0 Å². The predicted molar refractivity (Wildman–Crippen MR) is 72.4 cm³/mol. The molecule has 8 heteroatoms. The van der Waals surface area contributed by atoms with Crippen molar-refractivity contribution in [3.63, 3.8) is 0 Å². The molecule has 0 spiro atoms. The van der Waals surface area contributed by atoms with E-state index in [9.17, 15) is 14.4 Å². The van der Waals surface area contributed by atoms with E-state index in [4.69, 9.17) is 9.84 Å². The van der Waals surface area contributed by atoms with Gasteiger partial charge in [-0.1, -0.05) is 0 Å². The van der Waals surface area contributed by atoms with Crippen LogP contribution in [0.2, 0.25) is 0 Å². The molecule has 0 aliphatic carbocycles. The number of urea groups is 1. The maximum atomic E-state index is 11.8. The predicted octanol–water partition coefficient (Wildman–Crippen LogP) is -0.356. The summed E-state index contributed by atoms with van der Waals surface area (Å²) >= 11 is 0. The number of methoxy groups -OCH3 is 1. The lowest BCUT2D eigenvalue weighted by atomic mass is 10.1. The Bertz CT molecular complexity index is 335. The lowest BCUT2D eigenvalue weighted by Gasteiger charge is -2.21. The van der Waals surface area contributed by atoms with E-state index >= 15 is 0 Å². The molecule has 0 heterocycles. The summed E-state index contributed by atoms with van der Waals surface area (Å²) in [4.78, 5) is 35.3. The Morgan fingerprint density at radius 3 is 2.50 bits per heavy atom. The zero-order chi connectivity index (χ0) is 15.5. The molecule has 3 N–H and O–H groups in total. The summed E-state index contributed by atoms with van der Waals surface area (Å²) in [5.74, 6) is -1.41. The molecule has 0 aromatic carbocycles. The molecule has 0 bridgehead atoms. The summed E-state index contributed by atoms with van der Waals surface area (Å²) < 4.78 is 4.83. The number of rotatable bonds is 9. The van der Waals surface area contributed by atoms with Gasteiger partial charge in [-0.3, -0.25) is 4.79 Å². The van der Waals surface area contributed by atoms with E-state index in [-0.39, 0.29) is 18.9 Å². The second kappa shape index (κ2) is 10.0. The summed E-state index contributed by atoms with van der Waals surface area (Å²) in [6, 6.07) is -1.59. The minimum Gasteiger partial charge on any atom is -0.480 e. The van der Waals surface area contributed by atoms with Crippen molar-refractivity contribution in [2.45, 2.75) is 25.8 Å². The van der Waals surface area contributed by atoms with Crippen molar-refractivity contribution in [1.82, 2.24) is 15.5 Å². The molecule has 0 aromatic heterocycles. The van der Waals surface area contributed by atoms with Gasteiger partial charge in [-0.15, -0.1) is 0 Å². The number of likely N-dealkylation sites (N-methyl/N-ethyl adjacent to an activating group) is 2. The average molecular weight is 289 g/mol. The standard InChI is InChI=1S/C12H23N3O5/c1-4-13-10(16)8-15(2)12(19)14-9(11(17)18)6-5-7-20-3/h9H,4-8H2,1-3H3,(H,13,16)(H,14,19)(H,17,18). The van der Waals surface area contributed by atoms with E-state index < -0.39 is 18.0 Å². The molecule has 0 aliphatic rings. The van der Waals surface area contributed by atoms with Gasteiger partial charge in [0.05, 0.1) is 0 Å². The third-order valence-electron chi connectivity index (χ3n) is 2.54. The topological polar surface area (TPSA) is 108 Å². The number of hydrogen-bond acceptors (Lipinski definition) is 4. The van der Waals surface area contributed by atoms with Crippen LogP contribution >= 0.6 is 0 Å². The molecule has 1 unspecified atom stereocenters. The third kappa shape index (κ3) is 7.57. The Hall–Kier alpha value is -1.83. The first-order valence-corrected chi connectivity index (χ1v) is 6.42. The van der Waals surface area contributed by atoms with Gasteiger partial charge >= 0.3 is 12.0 Å². The van der Waals surface area contributed by atoms with Crippen molar-refractivity contribution in [2.75, 3.05) is 33.9 Å². The van der Waals surface area contributed by atoms with E-state index in [0.29, 0.717) is 19.6 Å². The maximum absolute atomic E-state index is 11.8. The number of ether oxygens (including phenoxy) is 1. The van der Waals surface area contributed by atoms with Crippen molar-refractivity contribution < 1.29 is 24.2 Å². The van der Waals surface area contributed by atoms with Crippen LogP contribution in [0.5, 0.6) is 0 Å². The highest BCUT2D eigenvalue weighted by Crippen LogP contribution is 1.99. The summed E-state index contributed by atoms with van der Waals surface area (Å²) in [7, 11) is 2.95. The van der Waals surface area contributed by atoms with Gasteiger partial charge < -0.3 is 25.4 Å². The van der Waals surface area contributed by atoms with Crippen molar-refractivity contribution in [1.29, 1.82) is 0 Å². The van der Waals surface area contributed by atoms with Gasteiger partial charge in [0.1, 0.15) is 12.6 Å². The molecule has 116 valence electrons. The molecule has 0 rings (SSSR count). The van der Waals surface area contributed by atoms with Crippen molar-refractivity contribution >= 4 is 17.9 Å². The fourth-order valence-corrected chi connectivity index (χ4v) is 1.49. The van der Waals surface area contributed by atoms with Gasteiger partial charge in [-0.25, -0.2) is 9.59 Å². The Morgan fingerprint density at radius 1 is 1.35 bits per heavy atom. The highest BCUT2D eigenvalue weighted by molar-refractivity contribution is 5.86. The van der Waals surface area contributed by atoms with Crippen LogP contribution in [0.3, 0.4) is 0 Å². The van der Waals surface area contributed by atoms with Crippen LogP contribution in [-0.2, 0) is 14.3 Å². The molecule has 0 aromatic rings. The number of carbonyl (C=O) groups excluding carboxylic acids is 2.